The van der Waals surface area contributed by atoms with Crippen LogP contribution in [-0.2, 0) is 11.3 Å². The normalized spacial score (nSPS) is 11.2. The van der Waals surface area contributed by atoms with Crippen molar-refractivity contribution in [1.82, 2.24) is 0 Å². The summed E-state index contributed by atoms with van der Waals surface area (Å²) in [5.41, 5.74) is 1.46. The van der Waals surface area contributed by atoms with Crippen LogP contribution in [0.15, 0.2) is 45.6 Å². The molecule has 1 heterocycles. The van der Waals surface area contributed by atoms with Crippen molar-refractivity contribution in [2.24, 2.45) is 0 Å². The van der Waals surface area contributed by atoms with E-state index in [1.165, 1.54) is 6.07 Å². The summed E-state index contributed by atoms with van der Waals surface area (Å²) in [4.78, 5) is 23.9. The van der Waals surface area contributed by atoms with E-state index < -0.39 is 28.8 Å². The van der Waals surface area contributed by atoms with Crippen LogP contribution >= 0.6 is 0 Å². The lowest BCUT2D eigenvalue weighted by Gasteiger charge is -2.13. The van der Waals surface area contributed by atoms with Gasteiger partial charge in [0.25, 0.3) is 0 Å². The molecule has 0 radical (unpaired) electrons. The van der Waals surface area contributed by atoms with Crippen LogP contribution in [0.4, 0.5) is 8.78 Å². The van der Waals surface area contributed by atoms with Gasteiger partial charge in [-0.1, -0.05) is 19.9 Å². The molecular weight excluding hydrogens is 354 g/mol. The average Bonchev–Trinajstić information content (AvgIpc) is 2.58. The number of aryl methyl sites for hydroxylation is 1. The van der Waals surface area contributed by atoms with E-state index >= 15 is 0 Å². The Morgan fingerprint density at radius 2 is 1.81 bits per heavy atom. The molecule has 0 fully saturated rings. The molecule has 1 aromatic heterocycles. The topological polar surface area (TPSA) is 56.5 Å². The summed E-state index contributed by atoms with van der Waals surface area (Å²) in [6.07, 6.45) is 0. The fourth-order valence-corrected chi connectivity index (χ4v) is 3.04. The Bertz CT molecular complexity index is 1060. The molecule has 0 aliphatic rings. The molecule has 140 valence electrons. The molecule has 3 rings (SSSR count). The van der Waals surface area contributed by atoms with Gasteiger partial charge in [0, 0.05) is 17.0 Å². The summed E-state index contributed by atoms with van der Waals surface area (Å²) in [5, 5.41) is 0.616. The van der Waals surface area contributed by atoms with Crippen molar-refractivity contribution in [3.63, 3.8) is 0 Å². The van der Waals surface area contributed by atoms with Gasteiger partial charge < -0.3 is 9.15 Å². The zero-order valence-corrected chi connectivity index (χ0v) is 15.1. The van der Waals surface area contributed by atoms with Gasteiger partial charge >= 0.3 is 11.6 Å². The van der Waals surface area contributed by atoms with Gasteiger partial charge in [0.15, 0.2) is 0 Å². The minimum Gasteiger partial charge on any atom is -0.457 e. The molecule has 2 aromatic carbocycles. The molecule has 0 spiro atoms. The van der Waals surface area contributed by atoms with Crippen LogP contribution in [0.3, 0.4) is 0 Å². The van der Waals surface area contributed by atoms with E-state index in [1.807, 2.05) is 26.8 Å². The van der Waals surface area contributed by atoms with Gasteiger partial charge in [0.2, 0.25) is 0 Å². The van der Waals surface area contributed by atoms with Crippen LogP contribution in [0.5, 0.6) is 0 Å². The van der Waals surface area contributed by atoms with Crippen molar-refractivity contribution in [3.05, 3.63) is 80.7 Å². The predicted molar refractivity (Wildman–Crippen MR) is 96.8 cm³/mol. The zero-order valence-electron chi connectivity index (χ0n) is 15.1. The summed E-state index contributed by atoms with van der Waals surface area (Å²) in [7, 11) is 0. The lowest BCUT2D eigenvalue weighted by atomic mass is 9.95. The number of hydrogen-bond donors (Lipinski definition) is 0. The Hall–Kier alpha value is -3.02. The molecule has 0 aliphatic heterocycles. The van der Waals surface area contributed by atoms with E-state index in [4.69, 9.17) is 9.15 Å². The van der Waals surface area contributed by atoms with Crippen LogP contribution in [-0.4, -0.2) is 5.97 Å². The number of hydrogen-bond acceptors (Lipinski definition) is 4. The number of benzene rings is 2. The van der Waals surface area contributed by atoms with Crippen LogP contribution in [0, 0.1) is 18.6 Å². The van der Waals surface area contributed by atoms with Gasteiger partial charge in [-0.2, -0.15) is 0 Å². The van der Waals surface area contributed by atoms with E-state index in [1.54, 1.807) is 6.07 Å². The summed E-state index contributed by atoms with van der Waals surface area (Å²) < 4.78 is 37.7. The standard InChI is InChI=1S/C21H18F2O4/c1-11(2)14-9-15-13(8-19(24)27-18(15)7-12(14)3)10-26-21(25)20-16(22)5-4-6-17(20)23/h4-9,11H,10H2,1-3H3. The van der Waals surface area contributed by atoms with Gasteiger partial charge in [0.05, 0.1) is 0 Å². The molecule has 0 unspecified atom stereocenters. The van der Waals surface area contributed by atoms with Gasteiger partial charge in [-0.15, -0.1) is 0 Å². The van der Waals surface area contributed by atoms with E-state index in [0.717, 1.165) is 29.3 Å². The highest BCUT2D eigenvalue weighted by Gasteiger charge is 2.19. The van der Waals surface area contributed by atoms with Crippen molar-refractivity contribution in [1.29, 1.82) is 0 Å². The van der Waals surface area contributed by atoms with Crippen molar-refractivity contribution in [3.8, 4) is 0 Å². The van der Waals surface area contributed by atoms with Crippen LogP contribution in [0.2, 0.25) is 0 Å². The van der Waals surface area contributed by atoms with E-state index in [9.17, 15) is 18.4 Å². The number of rotatable bonds is 4. The van der Waals surface area contributed by atoms with Crippen molar-refractivity contribution in [2.75, 3.05) is 0 Å². The van der Waals surface area contributed by atoms with Gasteiger partial charge in [-0.3, -0.25) is 0 Å². The summed E-state index contributed by atoms with van der Waals surface area (Å²) in [5.74, 6) is -2.90. The first-order chi connectivity index (χ1) is 12.8. The number of ether oxygens (including phenoxy) is 1. The number of halogens is 2. The van der Waals surface area contributed by atoms with Gasteiger partial charge in [-0.25, -0.2) is 18.4 Å². The van der Waals surface area contributed by atoms with Gasteiger partial charge in [-0.05, 0) is 48.2 Å². The molecule has 0 atom stereocenters. The fraction of sp³-hybridized carbons (Fsp3) is 0.238. The molecule has 0 aliphatic carbocycles. The Morgan fingerprint density at radius 1 is 1.15 bits per heavy atom. The second kappa shape index (κ2) is 7.31. The van der Waals surface area contributed by atoms with Gasteiger partial charge in [0.1, 0.15) is 29.4 Å². The van der Waals surface area contributed by atoms with Crippen molar-refractivity contribution in [2.45, 2.75) is 33.3 Å². The minimum absolute atomic E-state index is 0.240. The molecule has 4 nitrogen and oxygen atoms in total. The van der Waals surface area contributed by atoms with E-state index in [0.29, 0.717) is 16.5 Å². The molecule has 27 heavy (non-hydrogen) atoms. The fourth-order valence-electron chi connectivity index (χ4n) is 3.04. The molecule has 0 saturated carbocycles. The minimum atomic E-state index is -1.14. The third-order valence-corrected chi connectivity index (χ3v) is 4.36. The summed E-state index contributed by atoms with van der Waals surface area (Å²) >= 11 is 0. The highest BCUT2D eigenvalue weighted by atomic mass is 19.1. The zero-order chi connectivity index (χ0) is 19.7. The highest BCUT2D eigenvalue weighted by Crippen LogP contribution is 2.27. The monoisotopic (exact) mass is 372 g/mol. The van der Waals surface area contributed by atoms with Crippen LogP contribution < -0.4 is 5.63 Å². The number of fused-ring (bicyclic) bond motifs is 1. The first-order valence-electron chi connectivity index (χ1n) is 8.46. The quantitative estimate of drug-likeness (QED) is 0.485. The Morgan fingerprint density at radius 3 is 2.44 bits per heavy atom. The molecule has 3 aromatic rings. The number of esters is 1. The Labute approximate surface area is 154 Å². The Kier molecular flexibility index (Phi) is 5.08. The van der Waals surface area contributed by atoms with Crippen molar-refractivity contribution < 1.29 is 22.7 Å². The first kappa shape index (κ1) is 18.8. The molecule has 6 heteroatoms. The van der Waals surface area contributed by atoms with Crippen LogP contribution in [0.25, 0.3) is 11.0 Å². The first-order valence-corrected chi connectivity index (χ1v) is 8.46. The smallest absolute Gasteiger partial charge is 0.344 e. The SMILES string of the molecule is Cc1cc2oc(=O)cc(COC(=O)c3c(F)cccc3F)c2cc1C(C)C. The molecule has 0 saturated heterocycles. The second-order valence-corrected chi connectivity index (χ2v) is 6.62. The maximum absolute atomic E-state index is 13.7. The molecule has 0 bridgehead atoms. The summed E-state index contributed by atoms with van der Waals surface area (Å²) in [6, 6.07) is 7.97. The van der Waals surface area contributed by atoms with Crippen LogP contribution in [0.1, 0.15) is 46.8 Å². The highest BCUT2D eigenvalue weighted by molar-refractivity contribution is 5.90. The summed E-state index contributed by atoms with van der Waals surface area (Å²) in [6.45, 7) is 5.68. The second-order valence-electron chi connectivity index (χ2n) is 6.62. The molecule has 0 amide bonds. The third-order valence-electron chi connectivity index (χ3n) is 4.36. The maximum Gasteiger partial charge on any atom is 0.344 e. The number of carbonyl (C=O) groups is 1. The molecular formula is C21H18F2O4. The number of carbonyl (C=O) groups excluding carboxylic acids is 1. The molecule has 0 N–H and O–H groups in total. The lowest BCUT2D eigenvalue weighted by Crippen LogP contribution is -2.11. The largest absolute Gasteiger partial charge is 0.457 e. The van der Waals surface area contributed by atoms with E-state index in [-0.39, 0.29) is 12.5 Å². The Balaban J connectivity index is 1.98. The maximum atomic E-state index is 13.7. The van der Waals surface area contributed by atoms with E-state index in [2.05, 4.69) is 0 Å². The van der Waals surface area contributed by atoms with Crippen molar-refractivity contribution >= 4 is 16.9 Å². The average molecular weight is 372 g/mol. The predicted octanol–water partition coefficient (Wildman–Crippen LogP) is 4.86. The lowest BCUT2D eigenvalue weighted by molar-refractivity contribution is 0.0462. The third kappa shape index (κ3) is 3.74.